The molecule has 4 heteroatoms. The second-order valence-electron chi connectivity index (χ2n) is 4.78. The highest BCUT2D eigenvalue weighted by molar-refractivity contribution is 5.50. The van der Waals surface area contributed by atoms with Gasteiger partial charge in [0, 0.05) is 24.4 Å². The van der Waals surface area contributed by atoms with Crippen molar-refractivity contribution < 1.29 is 0 Å². The zero-order valence-corrected chi connectivity index (χ0v) is 10.9. The van der Waals surface area contributed by atoms with E-state index in [9.17, 15) is 0 Å². The van der Waals surface area contributed by atoms with E-state index in [4.69, 9.17) is 5.73 Å². The second-order valence-corrected chi connectivity index (χ2v) is 4.78. The number of aryl methyl sites for hydroxylation is 3. The van der Waals surface area contributed by atoms with Crippen molar-refractivity contribution in [2.24, 2.45) is 0 Å². The first-order valence-electron chi connectivity index (χ1n) is 6.37. The van der Waals surface area contributed by atoms with Gasteiger partial charge in [-0.2, -0.15) is 5.10 Å². The fourth-order valence-electron chi connectivity index (χ4n) is 2.17. The molecular weight excluding hydrogens is 236 g/mol. The standard InChI is InChI=1S/C15H16N4/c1-11-3-2-4-12(9-11)5-6-14-17-15-10-13(16)7-8-19(15)18-14/h2-4,7-10H,5-6,16H2,1H3. The minimum Gasteiger partial charge on any atom is -0.399 e. The third-order valence-corrected chi connectivity index (χ3v) is 3.13. The van der Waals surface area contributed by atoms with E-state index in [2.05, 4.69) is 41.3 Å². The summed E-state index contributed by atoms with van der Waals surface area (Å²) in [5, 5.41) is 4.44. The van der Waals surface area contributed by atoms with Gasteiger partial charge >= 0.3 is 0 Å². The number of pyridine rings is 1. The highest BCUT2D eigenvalue weighted by Gasteiger charge is 2.04. The predicted molar refractivity (Wildman–Crippen MR) is 76.0 cm³/mol. The number of hydrogen-bond donors (Lipinski definition) is 1. The van der Waals surface area contributed by atoms with E-state index >= 15 is 0 Å². The van der Waals surface area contributed by atoms with Crippen molar-refractivity contribution in [2.45, 2.75) is 19.8 Å². The number of anilines is 1. The fourth-order valence-corrected chi connectivity index (χ4v) is 2.17. The molecule has 0 amide bonds. The number of nitrogens with zero attached hydrogens (tertiary/aromatic N) is 3. The number of nitrogen functional groups attached to an aromatic ring is 1. The van der Waals surface area contributed by atoms with Gasteiger partial charge in [-0.1, -0.05) is 29.8 Å². The number of rotatable bonds is 3. The summed E-state index contributed by atoms with van der Waals surface area (Å²) < 4.78 is 1.77. The minimum atomic E-state index is 0.713. The maximum absolute atomic E-state index is 5.73. The zero-order valence-electron chi connectivity index (χ0n) is 10.9. The van der Waals surface area contributed by atoms with Gasteiger partial charge in [-0.3, -0.25) is 0 Å². The molecule has 2 aromatic heterocycles. The lowest BCUT2D eigenvalue weighted by atomic mass is 10.1. The summed E-state index contributed by atoms with van der Waals surface area (Å²) in [5.74, 6) is 0.854. The highest BCUT2D eigenvalue weighted by atomic mass is 15.3. The van der Waals surface area contributed by atoms with Gasteiger partial charge in [0.2, 0.25) is 0 Å². The van der Waals surface area contributed by atoms with Crippen molar-refractivity contribution in [2.75, 3.05) is 5.73 Å². The Labute approximate surface area is 111 Å². The second kappa shape index (κ2) is 4.72. The van der Waals surface area contributed by atoms with Crippen LogP contribution in [-0.4, -0.2) is 14.6 Å². The zero-order chi connectivity index (χ0) is 13.2. The van der Waals surface area contributed by atoms with Gasteiger partial charge in [0.1, 0.15) is 0 Å². The van der Waals surface area contributed by atoms with Crippen LogP contribution in [0, 0.1) is 6.92 Å². The largest absolute Gasteiger partial charge is 0.399 e. The van der Waals surface area contributed by atoms with E-state index in [0.717, 1.165) is 24.3 Å². The molecule has 19 heavy (non-hydrogen) atoms. The van der Waals surface area contributed by atoms with Crippen LogP contribution in [0.5, 0.6) is 0 Å². The summed E-state index contributed by atoms with van der Waals surface area (Å²) in [7, 11) is 0. The first-order chi connectivity index (χ1) is 9.20. The van der Waals surface area contributed by atoms with Crippen LogP contribution in [-0.2, 0) is 12.8 Å². The van der Waals surface area contributed by atoms with Crippen LogP contribution >= 0.6 is 0 Å². The van der Waals surface area contributed by atoms with Crippen LogP contribution in [0.3, 0.4) is 0 Å². The van der Waals surface area contributed by atoms with E-state index in [0.29, 0.717) is 5.69 Å². The molecule has 0 aliphatic carbocycles. The van der Waals surface area contributed by atoms with Crippen molar-refractivity contribution >= 4 is 11.3 Å². The topological polar surface area (TPSA) is 56.2 Å². The smallest absolute Gasteiger partial charge is 0.157 e. The molecule has 0 fully saturated rings. The molecule has 0 radical (unpaired) electrons. The maximum Gasteiger partial charge on any atom is 0.157 e. The van der Waals surface area contributed by atoms with Crippen molar-refractivity contribution in [1.82, 2.24) is 14.6 Å². The molecule has 3 aromatic rings. The van der Waals surface area contributed by atoms with Crippen molar-refractivity contribution in [3.8, 4) is 0 Å². The highest BCUT2D eigenvalue weighted by Crippen LogP contribution is 2.10. The number of fused-ring (bicyclic) bond motifs is 1. The summed E-state index contributed by atoms with van der Waals surface area (Å²) in [5.41, 5.74) is 9.85. The third kappa shape index (κ3) is 2.57. The average Bonchev–Trinajstić information content (AvgIpc) is 2.78. The van der Waals surface area contributed by atoms with E-state index < -0.39 is 0 Å². The first-order valence-corrected chi connectivity index (χ1v) is 6.37. The Bertz CT molecular complexity index is 715. The van der Waals surface area contributed by atoms with Gasteiger partial charge < -0.3 is 5.73 Å². The van der Waals surface area contributed by atoms with Crippen LogP contribution in [0.1, 0.15) is 17.0 Å². The Hall–Kier alpha value is -2.36. The summed E-state index contributed by atoms with van der Waals surface area (Å²) in [4.78, 5) is 4.48. The van der Waals surface area contributed by atoms with Crippen molar-refractivity contribution in [1.29, 1.82) is 0 Å². The van der Waals surface area contributed by atoms with Crippen molar-refractivity contribution in [3.05, 3.63) is 59.5 Å². The van der Waals surface area contributed by atoms with E-state index in [-0.39, 0.29) is 0 Å². The Kier molecular flexibility index (Phi) is 2.91. The molecule has 0 aliphatic heterocycles. The summed E-state index contributed by atoms with van der Waals surface area (Å²) in [6, 6.07) is 12.2. The lowest BCUT2D eigenvalue weighted by Crippen LogP contribution is -1.94. The molecular formula is C15H16N4. The normalized spacial score (nSPS) is 11.0. The molecule has 0 saturated carbocycles. The lowest BCUT2D eigenvalue weighted by molar-refractivity contribution is 0.836. The van der Waals surface area contributed by atoms with Crippen LogP contribution in [0.25, 0.3) is 5.65 Å². The molecule has 0 spiro atoms. The van der Waals surface area contributed by atoms with Crippen LogP contribution in [0.4, 0.5) is 5.69 Å². The van der Waals surface area contributed by atoms with Gasteiger partial charge in [-0.05, 0) is 25.0 Å². The molecule has 0 unspecified atom stereocenters. The number of benzene rings is 1. The number of aromatic nitrogens is 3. The van der Waals surface area contributed by atoms with E-state index in [1.807, 2.05) is 18.3 Å². The molecule has 2 N–H and O–H groups in total. The SMILES string of the molecule is Cc1cccc(CCc2nc3cc(N)ccn3n2)c1. The van der Waals surface area contributed by atoms with Gasteiger partial charge in [0.25, 0.3) is 0 Å². The van der Waals surface area contributed by atoms with Gasteiger partial charge in [0.05, 0.1) is 0 Å². The summed E-state index contributed by atoms with van der Waals surface area (Å²) in [6.45, 7) is 2.11. The quantitative estimate of drug-likeness (QED) is 0.778. The molecule has 2 heterocycles. The Balaban J connectivity index is 1.78. The Morgan fingerprint density at radius 2 is 2.05 bits per heavy atom. The monoisotopic (exact) mass is 252 g/mol. The predicted octanol–water partition coefficient (Wildman–Crippen LogP) is 2.41. The molecule has 3 rings (SSSR count). The minimum absolute atomic E-state index is 0.713. The average molecular weight is 252 g/mol. The summed E-state index contributed by atoms with van der Waals surface area (Å²) in [6.07, 6.45) is 3.63. The maximum atomic E-state index is 5.73. The van der Waals surface area contributed by atoms with Crippen molar-refractivity contribution in [3.63, 3.8) is 0 Å². The van der Waals surface area contributed by atoms with E-state index in [1.54, 1.807) is 4.52 Å². The third-order valence-electron chi connectivity index (χ3n) is 3.13. The molecule has 4 nitrogen and oxygen atoms in total. The van der Waals surface area contributed by atoms with Gasteiger partial charge in [-0.15, -0.1) is 0 Å². The summed E-state index contributed by atoms with van der Waals surface area (Å²) >= 11 is 0. The molecule has 96 valence electrons. The molecule has 1 aromatic carbocycles. The van der Waals surface area contributed by atoms with Crippen LogP contribution in [0.15, 0.2) is 42.6 Å². The molecule has 0 atom stereocenters. The number of hydrogen-bond acceptors (Lipinski definition) is 3. The Morgan fingerprint density at radius 3 is 2.89 bits per heavy atom. The molecule has 0 bridgehead atoms. The van der Waals surface area contributed by atoms with E-state index in [1.165, 1.54) is 11.1 Å². The Morgan fingerprint density at radius 1 is 1.16 bits per heavy atom. The molecule has 0 aliphatic rings. The number of nitrogens with two attached hydrogens (primary N) is 1. The first kappa shape index (κ1) is 11.7. The fraction of sp³-hybridized carbons (Fsp3) is 0.200. The molecule has 0 saturated heterocycles. The van der Waals surface area contributed by atoms with Crippen LogP contribution < -0.4 is 5.73 Å². The van der Waals surface area contributed by atoms with Gasteiger partial charge in [-0.25, -0.2) is 9.50 Å². The lowest BCUT2D eigenvalue weighted by Gasteiger charge is -1.99. The van der Waals surface area contributed by atoms with Gasteiger partial charge in [0.15, 0.2) is 11.5 Å². The van der Waals surface area contributed by atoms with Crippen LogP contribution in [0.2, 0.25) is 0 Å².